The molecule has 0 aliphatic carbocycles. The zero-order valence-corrected chi connectivity index (χ0v) is 12.9. The Hall–Kier alpha value is -2.69. The first-order valence-electron chi connectivity index (χ1n) is 7.12. The molecule has 0 amide bonds. The first kappa shape index (κ1) is 14.3. The van der Waals surface area contributed by atoms with Crippen LogP contribution in [0.3, 0.4) is 0 Å². The SMILES string of the molecule is COc1ccc(Cn2cc(-c3nncc(C)c3C)cn2)cc1. The maximum Gasteiger partial charge on any atom is 0.118 e. The van der Waals surface area contributed by atoms with Gasteiger partial charge in [-0.15, -0.1) is 0 Å². The van der Waals surface area contributed by atoms with Gasteiger partial charge in [-0.25, -0.2) is 0 Å². The molecule has 2 heterocycles. The number of nitrogens with zero attached hydrogens (tertiary/aromatic N) is 4. The molecule has 0 bridgehead atoms. The van der Waals surface area contributed by atoms with Gasteiger partial charge >= 0.3 is 0 Å². The third-order valence-corrected chi connectivity index (χ3v) is 3.77. The van der Waals surface area contributed by atoms with Gasteiger partial charge < -0.3 is 4.74 Å². The fourth-order valence-electron chi connectivity index (χ4n) is 2.30. The zero-order chi connectivity index (χ0) is 15.5. The number of hydrogen-bond donors (Lipinski definition) is 0. The number of aromatic nitrogens is 4. The Morgan fingerprint density at radius 1 is 1.09 bits per heavy atom. The van der Waals surface area contributed by atoms with Crippen LogP contribution >= 0.6 is 0 Å². The van der Waals surface area contributed by atoms with Gasteiger partial charge in [0.25, 0.3) is 0 Å². The second-order valence-electron chi connectivity index (χ2n) is 5.28. The van der Waals surface area contributed by atoms with Crippen LogP contribution < -0.4 is 4.74 Å². The third-order valence-electron chi connectivity index (χ3n) is 3.77. The quantitative estimate of drug-likeness (QED) is 0.742. The van der Waals surface area contributed by atoms with Gasteiger partial charge in [0.15, 0.2) is 0 Å². The van der Waals surface area contributed by atoms with Crippen molar-refractivity contribution in [2.24, 2.45) is 0 Å². The second-order valence-corrected chi connectivity index (χ2v) is 5.28. The maximum atomic E-state index is 5.17. The molecule has 0 atom stereocenters. The third kappa shape index (κ3) is 2.83. The lowest BCUT2D eigenvalue weighted by Crippen LogP contribution is -1.99. The van der Waals surface area contributed by atoms with Crippen molar-refractivity contribution in [3.05, 3.63) is 59.5 Å². The molecule has 0 aliphatic rings. The van der Waals surface area contributed by atoms with Crippen LogP contribution in [-0.4, -0.2) is 27.1 Å². The predicted octanol–water partition coefficient (Wildman–Crippen LogP) is 3.01. The lowest BCUT2D eigenvalue weighted by atomic mass is 10.1. The van der Waals surface area contributed by atoms with E-state index in [1.54, 1.807) is 13.3 Å². The molecular weight excluding hydrogens is 276 g/mol. The molecular formula is C17H18N4O. The normalized spacial score (nSPS) is 10.7. The van der Waals surface area contributed by atoms with Gasteiger partial charge in [0.2, 0.25) is 0 Å². The van der Waals surface area contributed by atoms with Crippen molar-refractivity contribution in [1.29, 1.82) is 0 Å². The van der Waals surface area contributed by atoms with Gasteiger partial charge in [0.05, 0.1) is 31.7 Å². The van der Waals surface area contributed by atoms with E-state index in [4.69, 9.17) is 4.74 Å². The summed E-state index contributed by atoms with van der Waals surface area (Å²) in [6.07, 6.45) is 5.61. The van der Waals surface area contributed by atoms with Crippen LogP contribution in [0.1, 0.15) is 16.7 Å². The van der Waals surface area contributed by atoms with Gasteiger partial charge in [0.1, 0.15) is 5.75 Å². The van der Waals surface area contributed by atoms with Crippen molar-refractivity contribution in [2.45, 2.75) is 20.4 Å². The molecule has 5 nitrogen and oxygen atoms in total. The topological polar surface area (TPSA) is 52.8 Å². The van der Waals surface area contributed by atoms with E-state index < -0.39 is 0 Å². The van der Waals surface area contributed by atoms with E-state index in [0.29, 0.717) is 6.54 Å². The van der Waals surface area contributed by atoms with E-state index in [1.807, 2.05) is 48.3 Å². The highest BCUT2D eigenvalue weighted by Crippen LogP contribution is 2.22. The van der Waals surface area contributed by atoms with Crippen molar-refractivity contribution in [3.63, 3.8) is 0 Å². The van der Waals surface area contributed by atoms with Crippen molar-refractivity contribution in [3.8, 4) is 17.0 Å². The summed E-state index contributed by atoms with van der Waals surface area (Å²) in [6, 6.07) is 7.99. The van der Waals surface area contributed by atoms with Crippen molar-refractivity contribution >= 4 is 0 Å². The largest absolute Gasteiger partial charge is 0.497 e. The van der Waals surface area contributed by atoms with Gasteiger partial charge in [-0.1, -0.05) is 12.1 Å². The summed E-state index contributed by atoms with van der Waals surface area (Å²) < 4.78 is 7.07. The van der Waals surface area contributed by atoms with Crippen LogP contribution in [0.2, 0.25) is 0 Å². The van der Waals surface area contributed by atoms with Crippen LogP contribution in [0.15, 0.2) is 42.9 Å². The lowest BCUT2D eigenvalue weighted by Gasteiger charge is -2.04. The maximum absolute atomic E-state index is 5.17. The highest BCUT2D eigenvalue weighted by Gasteiger charge is 2.09. The minimum absolute atomic E-state index is 0.711. The van der Waals surface area contributed by atoms with Gasteiger partial charge in [0, 0.05) is 11.8 Å². The molecule has 0 spiro atoms. The number of hydrogen-bond acceptors (Lipinski definition) is 4. The van der Waals surface area contributed by atoms with Crippen molar-refractivity contribution in [1.82, 2.24) is 20.0 Å². The molecule has 0 saturated heterocycles. The van der Waals surface area contributed by atoms with Crippen LogP contribution in [0, 0.1) is 13.8 Å². The number of benzene rings is 1. The summed E-state index contributed by atoms with van der Waals surface area (Å²) in [6.45, 7) is 4.80. The molecule has 22 heavy (non-hydrogen) atoms. The first-order valence-corrected chi connectivity index (χ1v) is 7.12. The minimum Gasteiger partial charge on any atom is -0.497 e. The van der Waals surface area contributed by atoms with E-state index in [-0.39, 0.29) is 0 Å². The van der Waals surface area contributed by atoms with Gasteiger partial charge in [-0.3, -0.25) is 4.68 Å². The molecule has 3 rings (SSSR count). The summed E-state index contributed by atoms with van der Waals surface area (Å²) in [5.41, 5.74) is 5.32. The minimum atomic E-state index is 0.711. The Morgan fingerprint density at radius 3 is 2.59 bits per heavy atom. The summed E-state index contributed by atoms with van der Waals surface area (Å²) in [4.78, 5) is 0. The van der Waals surface area contributed by atoms with Crippen molar-refractivity contribution < 1.29 is 4.74 Å². The number of ether oxygens (including phenoxy) is 1. The van der Waals surface area contributed by atoms with E-state index in [0.717, 1.165) is 28.1 Å². The van der Waals surface area contributed by atoms with Crippen LogP contribution in [0.4, 0.5) is 0 Å². The van der Waals surface area contributed by atoms with E-state index in [1.165, 1.54) is 5.56 Å². The highest BCUT2D eigenvalue weighted by atomic mass is 16.5. The van der Waals surface area contributed by atoms with E-state index >= 15 is 0 Å². The number of rotatable bonds is 4. The van der Waals surface area contributed by atoms with Crippen LogP contribution in [0.25, 0.3) is 11.3 Å². The van der Waals surface area contributed by atoms with Crippen LogP contribution in [0.5, 0.6) is 5.75 Å². The lowest BCUT2D eigenvalue weighted by molar-refractivity contribution is 0.414. The Balaban J connectivity index is 1.82. The smallest absolute Gasteiger partial charge is 0.118 e. The number of methoxy groups -OCH3 is 1. The molecule has 2 aromatic heterocycles. The molecule has 3 aromatic rings. The molecule has 0 unspecified atom stereocenters. The Morgan fingerprint density at radius 2 is 1.86 bits per heavy atom. The second kappa shape index (κ2) is 5.97. The molecule has 0 N–H and O–H groups in total. The molecule has 0 saturated carbocycles. The van der Waals surface area contributed by atoms with Crippen molar-refractivity contribution in [2.75, 3.05) is 7.11 Å². The number of aryl methyl sites for hydroxylation is 1. The van der Waals surface area contributed by atoms with Crippen LogP contribution in [-0.2, 0) is 6.54 Å². The molecule has 0 fully saturated rings. The first-order chi connectivity index (χ1) is 10.7. The Kier molecular flexibility index (Phi) is 3.87. The highest BCUT2D eigenvalue weighted by molar-refractivity contribution is 5.61. The molecule has 5 heteroatoms. The summed E-state index contributed by atoms with van der Waals surface area (Å²) in [5.74, 6) is 0.857. The van der Waals surface area contributed by atoms with E-state index in [9.17, 15) is 0 Å². The fourth-order valence-corrected chi connectivity index (χ4v) is 2.30. The summed E-state index contributed by atoms with van der Waals surface area (Å²) in [5, 5.41) is 12.7. The van der Waals surface area contributed by atoms with E-state index in [2.05, 4.69) is 22.2 Å². The summed E-state index contributed by atoms with van der Waals surface area (Å²) >= 11 is 0. The predicted molar refractivity (Wildman–Crippen MR) is 84.8 cm³/mol. The van der Waals surface area contributed by atoms with Gasteiger partial charge in [-0.05, 0) is 42.7 Å². The molecule has 1 aromatic carbocycles. The zero-order valence-electron chi connectivity index (χ0n) is 12.9. The fraction of sp³-hybridized carbons (Fsp3) is 0.235. The molecule has 0 aliphatic heterocycles. The summed E-state index contributed by atoms with van der Waals surface area (Å²) in [7, 11) is 1.67. The average Bonchev–Trinajstić information content (AvgIpc) is 2.99. The Labute approximate surface area is 129 Å². The van der Waals surface area contributed by atoms with Gasteiger partial charge in [-0.2, -0.15) is 15.3 Å². The Bertz CT molecular complexity index is 778. The average molecular weight is 294 g/mol. The standard InChI is InChI=1S/C17H18N4O/c1-12-8-18-20-17(13(12)2)15-9-19-21(11-15)10-14-4-6-16(22-3)7-5-14/h4-9,11H,10H2,1-3H3. The monoisotopic (exact) mass is 294 g/mol. The molecule has 112 valence electrons. The molecule has 0 radical (unpaired) electrons.